The summed E-state index contributed by atoms with van der Waals surface area (Å²) in [6.07, 6.45) is 5.90. The molecule has 34 heavy (non-hydrogen) atoms. The van der Waals surface area contributed by atoms with Gasteiger partial charge in [-0.15, -0.1) is 0 Å². The van der Waals surface area contributed by atoms with E-state index in [0.717, 1.165) is 54.7 Å². The number of nitrogens with one attached hydrogen (secondary N) is 2. The Balaban J connectivity index is 1.58. The number of halogens is 1. The van der Waals surface area contributed by atoms with Crippen LogP contribution in [0.5, 0.6) is 5.75 Å². The maximum Gasteiger partial charge on any atom is 0.251 e. The highest BCUT2D eigenvalue weighted by Crippen LogP contribution is 2.33. The molecule has 1 fully saturated rings. The first-order valence-corrected chi connectivity index (χ1v) is 12.6. The van der Waals surface area contributed by atoms with Crippen molar-refractivity contribution in [3.8, 4) is 5.75 Å². The second-order valence-electron chi connectivity index (χ2n) is 9.22. The Morgan fingerprint density at radius 3 is 2.47 bits per heavy atom. The molecule has 1 unspecified atom stereocenters. The first kappa shape index (κ1) is 26.3. The van der Waals surface area contributed by atoms with E-state index in [4.69, 9.17) is 21.4 Å². The van der Waals surface area contributed by atoms with Crippen LogP contribution in [0.2, 0.25) is 5.02 Å². The molecule has 1 aliphatic rings. The van der Waals surface area contributed by atoms with Crippen molar-refractivity contribution in [2.75, 3.05) is 32.2 Å². The zero-order valence-corrected chi connectivity index (χ0v) is 20.9. The fraction of sp³-hybridized carbons (Fsp3) is 0.519. The molecule has 0 aliphatic heterocycles. The molecule has 0 bridgehead atoms. The van der Waals surface area contributed by atoms with Crippen LogP contribution < -0.4 is 15.4 Å². The average Bonchev–Trinajstić information content (AvgIpc) is 2.85. The van der Waals surface area contributed by atoms with Crippen LogP contribution >= 0.6 is 11.6 Å². The Morgan fingerprint density at radius 2 is 1.82 bits per heavy atom. The van der Waals surface area contributed by atoms with Crippen LogP contribution in [0.3, 0.4) is 0 Å². The largest absolute Gasteiger partial charge is 0.496 e. The monoisotopic (exact) mass is 488 g/mol. The van der Waals surface area contributed by atoms with E-state index in [1.54, 1.807) is 19.2 Å². The summed E-state index contributed by atoms with van der Waals surface area (Å²) in [5.41, 5.74) is 3.29. The topological polar surface area (TPSA) is 90.8 Å². The van der Waals surface area contributed by atoms with E-state index in [9.17, 15) is 9.90 Å². The third kappa shape index (κ3) is 7.11. The van der Waals surface area contributed by atoms with Crippen LogP contribution in [-0.2, 0) is 6.42 Å². The maximum absolute atomic E-state index is 12.7. The highest BCUT2D eigenvalue weighted by Gasteiger charge is 2.21. The number of carbonyl (C=O) groups excluding carboxylic acids is 1. The first-order valence-electron chi connectivity index (χ1n) is 12.2. The Bertz CT molecular complexity index is 944. The number of methoxy groups -OCH3 is 1. The minimum absolute atomic E-state index is 0.0910. The van der Waals surface area contributed by atoms with Crippen molar-refractivity contribution in [2.45, 2.75) is 51.5 Å². The second-order valence-corrected chi connectivity index (χ2v) is 9.63. The summed E-state index contributed by atoms with van der Waals surface area (Å²) in [7, 11) is 1.64. The molecule has 3 rings (SSSR count). The van der Waals surface area contributed by atoms with E-state index >= 15 is 0 Å². The molecule has 2 aromatic carbocycles. The number of carbonyl (C=O) groups is 1. The Morgan fingerprint density at radius 1 is 1.09 bits per heavy atom. The van der Waals surface area contributed by atoms with Crippen LogP contribution in [0.25, 0.3) is 0 Å². The van der Waals surface area contributed by atoms with Crippen molar-refractivity contribution in [2.24, 2.45) is 11.8 Å². The third-order valence-corrected chi connectivity index (χ3v) is 7.13. The molecule has 4 N–H and O–H groups in total. The van der Waals surface area contributed by atoms with Crippen molar-refractivity contribution in [3.63, 3.8) is 0 Å². The van der Waals surface area contributed by atoms with Crippen molar-refractivity contribution in [1.29, 1.82) is 0 Å². The highest BCUT2D eigenvalue weighted by molar-refractivity contribution is 6.33. The summed E-state index contributed by atoms with van der Waals surface area (Å²) in [4.78, 5) is 12.7. The lowest BCUT2D eigenvalue weighted by Crippen LogP contribution is -2.31. The molecule has 1 saturated carbocycles. The molecule has 0 aromatic heterocycles. The molecule has 0 heterocycles. The van der Waals surface area contributed by atoms with Crippen molar-refractivity contribution >= 4 is 23.2 Å². The number of amides is 1. The molecular weight excluding hydrogens is 452 g/mol. The number of anilines is 1. The van der Waals surface area contributed by atoms with Gasteiger partial charge >= 0.3 is 0 Å². The van der Waals surface area contributed by atoms with Gasteiger partial charge < -0.3 is 25.6 Å². The molecule has 0 radical (unpaired) electrons. The van der Waals surface area contributed by atoms with Gasteiger partial charge in [0.15, 0.2) is 0 Å². The van der Waals surface area contributed by atoms with Gasteiger partial charge in [-0.3, -0.25) is 4.79 Å². The van der Waals surface area contributed by atoms with Crippen LogP contribution in [0.15, 0.2) is 36.4 Å². The van der Waals surface area contributed by atoms with Gasteiger partial charge in [-0.1, -0.05) is 30.5 Å². The molecule has 0 spiro atoms. The highest BCUT2D eigenvalue weighted by atomic mass is 35.5. The number of rotatable bonds is 11. The zero-order chi connectivity index (χ0) is 24.5. The minimum atomic E-state index is -0.114. The quantitative estimate of drug-likeness (QED) is 0.358. The molecule has 1 aliphatic carbocycles. The van der Waals surface area contributed by atoms with E-state index in [1.165, 1.54) is 0 Å². The summed E-state index contributed by atoms with van der Waals surface area (Å²) >= 11 is 6.53. The van der Waals surface area contributed by atoms with E-state index in [2.05, 4.69) is 10.6 Å². The lowest BCUT2D eigenvalue weighted by Gasteiger charge is -2.28. The van der Waals surface area contributed by atoms with E-state index in [1.807, 2.05) is 31.2 Å². The summed E-state index contributed by atoms with van der Waals surface area (Å²) in [6.45, 7) is 3.05. The molecule has 1 amide bonds. The number of aliphatic hydroxyl groups excluding tert-OH is 2. The average molecular weight is 489 g/mol. The summed E-state index contributed by atoms with van der Waals surface area (Å²) in [5.74, 6) is 1.76. The van der Waals surface area contributed by atoms with Gasteiger partial charge in [0.1, 0.15) is 5.75 Å². The first-order chi connectivity index (χ1) is 16.4. The van der Waals surface area contributed by atoms with Gasteiger partial charge in [-0.2, -0.15) is 0 Å². The Hall–Kier alpha value is -2.28. The van der Waals surface area contributed by atoms with E-state index < -0.39 is 0 Å². The Labute approximate surface area is 207 Å². The lowest BCUT2D eigenvalue weighted by molar-refractivity contribution is 0.0940. The van der Waals surface area contributed by atoms with Crippen molar-refractivity contribution in [1.82, 2.24) is 5.32 Å². The van der Waals surface area contributed by atoms with E-state index in [0.29, 0.717) is 35.4 Å². The number of hydrogen-bond donors (Lipinski definition) is 4. The minimum Gasteiger partial charge on any atom is -0.496 e. The normalized spacial score (nSPS) is 18.9. The molecule has 0 saturated heterocycles. The smallest absolute Gasteiger partial charge is 0.251 e. The molecule has 1 atom stereocenters. The standard InChI is InChI=1S/C27H37ClN2O4/c1-18(23-15-20(12-14-32)7-10-26(23)34-2)30-25-9-8-22(16-24(25)28)27(33)29-17-21-5-3-19(4-6-21)11-13-31/h7-10,15-16,18-19,21,30-32H,3-6,11-14,17H2,1-2H3,(H,29,33). The summed E-state index contributed by atoms with van der Waals surface area (Å²) in [5, 5.41) is 25.3. The molecule has 6 nitrogen and oxygen atoms in total. The van der Waals surface area contributed by atoms with E-state index in [-0.39, 0.29) is 25.2 Å². The van der Waals surface area contributed by atoms with Gasteiger partial charge in [-0.05, 0) is 80.3 Å². The fourth-order valence-corrected chi connectivity index (χ4v) is 4.97. The second kappa shape index (κ2) is 13.0. The molecule has 7 heteroatoms. The fourth-order valence-electron chi connectivity index (χ4n) is 4.74. The van der Waals surface area contributed by atoms with Gasteiger partial charge in [0.05, 0.1) is 23.9 Å². The van der Waals surface area contributed by atoms with Gasteiger partial charge in [0, 0.05) is 30.9 Å². The summed E-state index contributed by atoms with van der Waals surface area (Å²) in [6, 6.07) is 11.1. The van der Waals surface area contributed by atoms with Crippen LogP contribution in [0, 0.1) is 11.8 Å². The van der Waals surface area contributed by atoms with Gasteiger partial charge in [0.25, 0.3) is 5.91 Å². The van der Waals surface area contributed by atoms with Crippen molar-refractivity contribution < 1.29 is 19.7 Å². The SMILES string of the molecule is COc1ccc(CCO)cc1C(C)Nc1ccc(C(=O)NCC2CCC(CCO)CC2)cc1Cl. The zero-order valence-electron chi connectivity index (χ0n) is 20.1. The predicted molar refractivity (Wildman–Crippen MR) is 137 cm³/mol. The number of ether oxygens (including phenoxy) is 1. The maximum atomic E-state index is 12.7. The third-order valence-electron chi connectivity index (χ3n) is 6.82. The predicted octanol–water partition coefficient (Wildman–Crippen LogP) is 4.98. The summed E-state index contributed by atoms with van der Waals surface area (Å²) < 4.78 is 5.51. The number of benzene rings is 2. The van der Waals surface area contributed by atoms with Crippen LogP contribution in [-0.4, -0.2) is 43.0 Å². The van der Waals surface area contributed by atoms with Crippen LogP contribution in [0.1, 0.15) is 66.6 Å². The molecule has 186 valence electrons. The lowest BCUT2D eigenvalue weighted by atomic mass is 9.80. The van der Waals surface area contributed by atoms with Gasteiger partial charge in [0.2, 0.25) is 0 Å². The van der Waals surface area contributed by atoms with Crippen LogP contribution in [0.4, 0.5) is 5.69 Å². The van der Waals surface area contributed by atoms with Crippen molar-refractivity contribution in [3.05, 3.63) is 58.1 Å². The Kier molecular flexibility index (Phi) is 10.1. The number of aliphatic hydroxyl groups is 2. The number of hydrogen-bond acceptors (Lipinski definition) is 5. The van der Waals surface area contributed by atoms with Gasteiger partial charge in [-0.25, -0.2) is 0 Å². The molecule has 2 aromatic rings. The molecular formula is C27H37ClN2O4.